The highest BCUT2D eigenvalue weighted by Gasteiger charge is 2.34. The van der Waals surface area contributed by atoms with E-state index < -0.39 is 0 Å². The van der Waals surface area contributed by atoms with Crippen LogP contribution in [0.1, 0.15) is 39.7 Å². The third kappa shape index (κ3) is 4.79. The maximum Gasteiger partial charge on any atom is 0.293 e. The summed E-state index contributed by atoms with van der Waals surface area (Å²) in [6.45, 7) is 8.66. The Balaban J connectivity index is 2.37. The lowest BCUT2D eigenvalue weighted by Crippen LogP contribution is -2.28. The lowest BCUT2D eigenvalue weighted by molar-refractivity contribution is -0.122. The summed E-state index contributed by atoms with van der Waals surface area (Å²) in [5.41, 5.74) is 0.772. The van der Waals surface area contributed by atoms with Gasteiger partial charge in [-0.05, 0) is 78.7 Å². The van der Waals surface area contributed by atoms with Crippen molar-refractivity contribution < 1.29 is 19.1 Å². The Labute approximate surface area is 160 Å². The number of hydrogen-bond acceptors (Lipinski definition) is 5. The topological polar surface area (TPSA) is 55.8 Å². The number of carbonyl (C=O) groups is 2. The van der Waals surface area contributed by atoms with Crippen LogP contribution in [0.25, 0.3) is 6.08 Å². The van der Waals surface area contributed by atoms with E-state index in [1.807, 2.05) is 39.8 Å². The molecule has 25 heavy (non-hydrogen) atoms. The minimum Gasteiger partial charge on any atom is -0.490 e. The van der Waals surface area contributed by atoms with Crippen molar-refractivity contribution in [3.63, 3.8) is 0 Å². The third-order valence-corrected chi connectivity index (χ3v) is 4.80. The predicted octanol–water partition coefficient (Wildman–Crippen LogP) is 5.08. The van der Waals surface area contributed by atoms with Gasteiger partial charge in [0.05, 0.1) is 22.1 Å². The molecule has 2 amide bonds. The van der Waals surface area contributed by atoms with Crippen molar-refractivity contribution in [3.05, 3.63) is 27.1 Å². The molecule has 1 aromatic rings. The first-order chi connectivity index (χ1) is 11.9. The van der Waals surface area contributed by atoms with Crippen LogP contribution in [0.5, 0.6) is 11.5 Å². The van der Waals surface area contributed by atoms with Crippen molar-refractivity contribution in [2.24, 2.45) is 0 Å². The average molecular weight is 428 g/mol. The van der Waals surface area contributed by atoms with Crippen LogP contribution in [0.15, 0.2) is 21.5 Å². The summed E-state index contributed by atoms with van der Waals surface area (Å²) in [4.78, 5) is 26.0. The number of ether oxygens (including phenoxy) is 2. The van der Waals surface area contributed by atoms with Crippen molar-refractivity contribution >= 4 is 44.9 Å². The van der Waals surface area contributed by atoms with Crippen molar-refractivity contribution in [1.82, 2.24) is 4.90 Å². The van der Waals surface area contributed by atoms with Crippen molar-refractivity contribution in [2.75, 3.05) is 13.2 Å². The summed E-state index contributed by atoms with van der Waals surface area (Å²) in [6.07, 6.45) is 2.46. The van der Waals surface area contributed by atoms with E-state index in [2.05, 4.69) is 15.9 Å². The molecule has 0 spiro atoms. The second-order valence-corrected chi connectivity index (χ2v) is 7.61. The van der Waals surface area contributed by atoms with Gasteiger partial charge in [-0.15, -0.1) is 0 Å². The van der Waals surface area contributed by atoms with Crippen molar-refractivity contribution in [1.29, 1.82) is 0 Å². The summed E-state index contributed by atoms with van der Waals surface area (Å²) in [5.74, 6) is 0.992. The number of imide groups is 1. The van der Waals surface area contributed by atoms with Crippen LogP contribution in [0, 0.1) is 0 Å². The number of halogens is 1. The first kappa shape index (κ1) is 19.8. The Kier molecular flexibility index (Phi) is 6.95. The highest BCUT2D eigenvalue weighted by atomic mass is 79.9. The summed E-state index contributed by atoms with van der Waals surface area (Å²) < 4.78 is 12.2. The first-order valence-electron chi connectivity index (χ1n) is 8.25. The Morgan fingerprint density at radius 1 is 1.28 bits per heavy atom. The predicted molar refractivity (Wildman–Crippen MR) is 104 cm³/mol. The lowest BCUT2D eigenvalue weighted by Gasteiger charge is -2.17. The van der Waals surface area contributed by atoms with Crippen LogP contribution in [0.3, 0.4) is 0 Å². The molecule has 136 valence electrons. The number of nitrogens with zero attached hydrogens (tertiary/aromatic N) is 1. The number of carbonyl (C=O) groups excluding carboxylic acids is 2. The van der Waals surface area contributed by atoms with E-state index in [-0.39, 0.29) is 17.3 Å². The molecule has 0 saturated carbocycles. The van der Waals surface area contributed by atoms with E-state index in [1.165, 1.54) is 4.90 Å². The van der Waals surface area contributed by atoms with E-state index in [1.54, 1.807) is 6.08 Å². The molecule has 7 heteroatoms. The zero-order chi connectivity index (χ0) is 18.6. The number of amides is 2. The molecule has 1 aliphatic heterocycles. The van der Waals surface area contributed by atoms with Crippen molar-refractivity contribution in [2.45, 2.75) is 40.2 Å². The van der Waals surface area contributed by atoms with Crippen LogP contribution in [-0.4, -0.2) is 35.3 Å². The second kappa shape index (κ2) is 8.76. The fraction of sp³-hybridized carbons (Fsp3) is 0.444. The Morgan fingerprint density at radius 2 is 2.00 bits per heavy atom. The quantitative estimate of drug-likeness (QED) is 0.567. The molecule has 2 rings (SSSR count). The number of hydrogen-bond donors (Lipinski definition) is 0. The molecule has 1 aromatic carbocycles. The Morgan fingerprint density at radius 3 is 2.60 bits per heavy atom. The smallest absolute Gasteiger partial charge is 0.293 e. The first-order valence-corrected chi connectivity index (χ1v) is 9.86. The zero-order valence-electron chi connectivity index (χ0n) is 14.8. The van der Waals surface area contributed by atoms with Gasteiger partial charge in [0, 0.05) is 6.54 Å². The van der Waals surface area contributed by atoms with Crippen LogP contribution in [0.2, 0.25) is 0 Å². The van der Waals surface area contributed by atoms with Gasteiger partial charge in [-0.1, -0.05) is 6.92 Å². The molecule has 1 saturated heterocycles. The van der Waals surface area contributed by atoms with Gasteiger partial charge >= 0.3 is 0 Å². The molecule has 1 heterocycles. The van der Waals surface area contributed by atoms with Gasteiger partial charge in [-0.25, -0.2) is 0 Å². The van der Waals surface area contributed by atoms with E-state index in [9.17, 15) is 9.59 Å². The normalized spacial score (nSPS) is 16.2. The summed E-state index contributed by atoms with van der Waals surface area (Å²) >= 11 is 4.47. The number of benzene rings is 1. The van der Waals surface area contributed by atoms with E-state index in [0.29, 0.717) is 29.6 Å². The SMILES string of the molecule is CCCN1C(=O)S/C(=C/c2cc(Br)c(OC(C)C)c(OCC)c2)C1=O. The zero-order valence-corrected chi connectivity index (χ0v) is 17.2. The largest absolute Gasteiger partial charge is 0.490 e. The van der Waals surface area contributed by atoms with Gasteiger partial charge in [0.15, 0.2) is 11.5 Å². The van der Waals surface area contributed by atoms with Gasteiger partial charge in [0.1, 0.15) is 0 Å². The minimum atomic E-state index is -0.242. The lowest BCUT2D eigenvalue weighted by atomic mass is 10.1. The monoisotopic (exact) mass is 427 g/mol. The molecule has 1 fully saturated rings. The van der Waals surface area contributed by atoms with Crippen molar-refractivity contribution in [3.8, 4) is 11.5 Å². The number of rotatable bonds is 7. The molecule has 0 atom stereocenters. The van der Waals surface area contributed by atoms with Crippen LogP contribution in [0.4, 0.5) is 4.79 Å². The summed E-state index contributed by atoms with van der Waals surface area (Å²) in [6, 6.07) is 3.67. The molecule has 0 aromatic heterocycles. The maximum absolute atomic E-state index is 12.4. The molecule has 0 aliphatic carbocycles. The second-order valence-electron chi connectivity index (χ2n) is 5.76. The standard InChI is InChI=1S/C18H22BrNO4S/c1-5-7-20-17(21)15(25-18(20)22)10-12-8-13(19)16(24-11(3)4)14(9-12)23-6-2/h8-11H,5-7H2,1-4H3/b15-10+. The van der Waals surface area contributed by atoms with Crippen LogP contribution >= 0.6 is 27.7 Å². The van der Waals surface area contributed by atoms with Gasteiger partial charge in [0.25, 0.3) is 11.1 Å². The van der Waals surface area contributed by atoms with Gasteiger partial charge in [-0.2, -0.15) is 0 Å². The molecular formula is C18H22BrNO4S. The van der Waals surface area contributed by atoms with E-state index >= 15 is 0 Å². The molecule has 0 bridgehead atoms. The molecular weight excluding hydrogens is 406 g/mol. The molecule has 0 radical (unpaired) electrons. The van der Waals surface area contributed by atoms with Gasteiger partial charge in [0.2, 0.25) is 0 Å². The maximum atomic E-state index is 12.4. The van der Waals surface area contributed by atoms with Gasteiger partial charge < -0.3 is 9.47 Å². The van der Waals surface area contributed by atoms with Gasteiger partial charge in [-0.3, -0.25) is 14.5 Å². The highest BCUT2D eigenvalue weighted by Crippen LogP contribution is 2.39. The molecule has 0 unspecified atom stereocenters. The van der Waals surface area contributed by atoms with Crippen LogP contribution in [-0.2, 0) is 4.79 Å². The molecule has 1 aliphatic rings. The van der Waals surface area contributed by atoms with E-state index in [0.717, 1.165) is 28.2 Å². The fourth-order valence-electron chi connectivity index (χ4n) is 2.35. The molecule has 0 N–H and O–H groups in total. The summed E-state index contributed by atoms with van der Waals surface area (Å²) in [5, 5.41) is -0.220. The van der Waals surface area contributed by atoms with Crippen LogP contribution < -0.4 is 9.47 Å². The average Bonchev–Trinajstić information content (AvgIpc) is 2.79. The minimum absolute atomic E-state index is 0.00639. The third-order valence-electron chi connectivity index (χ3n) is 3.30. The highest BCUT2D eigenvalue weighted by molar-refractivity contribution is 9.10. The Hall–Kier alpha value is -1.47. The fourth-order valence-corrected chi connectivity index (χ4v) is 3.77. The molecule has 5 nitrogen and oxygen atoms in total. The number of thioether (sulfide) groups is 1. The summed E-state index contributed by atoms with van der Waals surface area (Å²) in [7, 11) is 0. The van der Waals surface area contributed by atoms with E-state index in [4.69, 9.17) is 9.47 Å². The Bertz CT molecular complexity index is 703.